The predicted octanol–water partition coefficient (Wildman–Crippen LogP) is 5.40. The largest absolute Gasteiger partial charge is 0.491 e. The van der Waals surface area contributed by atoms with Crippen molar-refractivity contribution in [3.8, 4) is 5.75 Å². The van der Waals surface area contributed by atoms with Gasteiger partial charge in [0.2, 0.25) is 0 Å². The minimum Gasteiger partial charge on any atom is -0.491 e. The van der Waals surface area contributed by atoms with E-state index in [-0.39, 0.29) is 5.04 Å². The summed E-state index contributed by atoms with van der Waals surface area (Å²) in [5.74, 6) is 0.848. The zero-order valence-electron chi connectivity index (χ0n) is 16.7. The van der Waals surface area contributed by atoms with E-state index < -0.39 is 8.32 Å². The summed E-state index contributed by atoms with van der Waals surface area (Å²) in [6, 6.07) is 29.3. The van der Waals surface area contributed by atoms with Crippen molar-refractivity contribution in [3.63, 3.8) is 0 Å². The summed E-state index contributed by atoms with van der Waals surface area (Å²) >= 11 is 3.49. The molecular weight excluding hydrogens is 428 g/mol. The second-order valence-electron chi connectivity index (χ2n) is 7.82. The molecule has 3 rings (SSSR count). The maximum absolute atomic E-state index is 6.82. The highest BCUT2D eigenvalue weighted by Crippen LogP contribution is 2.36. The van der Waals surface area contributed by atoms with E-state index in [0.29, 0.717) is 13.2 Å². The van der Waals surface area contributed by atoms with Crippen LogP contribution in [0.4, 0.5) is 0 Å². The monoisotopic (exact) mass is 454 g/mol. The van der Waals surface area contributed by atoms with Crippen LogP contribution in [-0.2, 0) is 4.43 Å². The van der Waals surface area contributed by atoms with Gasteiger partial charge in [0, 0.05) is 4.47 Å². The van der Waals surface area contributed by atoms with Gasteiger partial charge in [0.15, 0.2) is 0 Å². The first-order valence-electron chi connectivity index (χ1n) is 9.57. The van der Waals surface area contributed by atoms with Gasteiger partial charge in [-0.2, -0.15) is 0 Å². The van der Waals surface area contributed by atoms with Gasteiger partial charge in [-0.3, -0.25) is 0 Å². The number of ether oxygens (including phenoxy) is 1. The van der Waals surface area contributed by atoms with Crippen LogP contribution in [0.1, 0.15) is 20.8 Å². The summed E-state index contributed by atoms with van der Waals surface area (Å²) in [4.78, 5) is 0. The third kappa shape index (κ3) is 4.57. The molecule has 0 unspecified atom stereocenters. The van der Waals surface area contributed by atoms with E-state index in [4.69, 9.17) is 9.16 Å². The first-order chi connectivity index (χ1) is 13.4. The SMILES string of the molecule is CC(C)(C)[Si](OCCOc1cccc(Br)c1)(c1ccccc1)c1ccccc1. The average molecular weight is 455 g/mol. The van der Waals surface area contributed by atoms with E-state index in [2.05, 4.69) is 97.4 Å². The van der Waals surface area contributed by atoms with E-state index in [1.165, 1.54) is 10.4 Å². The summed E-state index contributed by atoms with van der Waals surface area (Å²) in [5, 5.41) is 2.55. The molecule has 0 saturated carbocycles. The number of halogens is 1. The Balaban J connectivity index is 1.88. The summed E-state index contributed by atoms with van der Waals surface area (Å²) in [5.41, 5.74) is 0. The molecule has 0 radical (unpaired) electrons. The van der Waals surface area contributed by atoms with E-state index >= 15 is 0 Å². The Kier molecular flexibility index (Phi) is 6.76. The Morgan fingerprint density at radius 1 is 0.750 bits per heavy atom. The maximum Gasteiger partial charge on any atom is 0.261 e. The molecule has 3 aromatic rings. The fourth-order valence-electron chi connectivity index (χ4n) is 3.67. The predicted molar refractivity (Wildman–Crippen MR) is 123 cm³/mol. The van der Waals surface area contributed by atoms with E-state index in [9.17, 15) is 0 Å². The molecule has 0 bridgehead atoms. The molecule has 4 heteroatoms. The fraction of sp³-hybridized carbons (Fsp3) is 0.250. The first-order valence-corrected chi connectivity index (χ1v) is 12.3. The van der Waals surface area contributed by atoms with Gasteiger partial charge >= 0.3 is 0 Å². The number of hydrogen-bond donors (Lipinski definition) is 0. The zero-order chi connectivity index (χ0) is 20.0. The molecule has 0 aromatic heterocycles. The highest BCUT2D eigenvalue weighted by Gasteiger charge is 2.50. The van der Waals surface area contributed by atoms with Crippen LogP contribution in [-0.4, -0.2) is 21.5 Å². The molecular formula is C24H27BrO2Si. The van der Waals surface area contributed by atoms with Gasteiger partial charge in [-0.25, -0.2) is 0 Å². The molecule has 0 heterocycles. The van der Waals surface area contributed by atoms with Crippen LogP contribution < -0.4 is 15.1 Å². The minimum absolute atomic E-state index is 0.0223. The first kappa shape index (κ1) is 20.8. The van der Waals surface area contributed by atoms with Crippen molar-refractivity contribution < 1.29 is 9.16 Å². The lowest BCUT2D eigenvalue weighted by atomic mass is 10.2. The summed E-state index contributed by atoms with van der Waals surface area (Å²) in [7, 11) is -2.49. The van der Waals surface area contributed by atoms with Crippen molar-refractivity contribution in [2.75, 3.05) is 13.2 Å². The van der Waals surface area contributed by atoms with Gasteiger partial charge in [-0.1, -0.05) is 103 Å². The van der Waals surface area contributed by atoms with Crippen molar-refractivity contribution in [1.29, 1.82) is 0 Å². The fourth-order valence-corrected chi connectivity index (χ4v) is 8.60. The van der Waals surface area contributed by atoms with Crippen LogP contribution >= 0.6 is 15.9 Å². The van der Waals surface area contributed by atoms with Crippen molar-refractivity contribution in [2.45, 2.75) is 25.8 Å². The van der Waals surface area contributed by atoms with Crippen molar-refractivity contribution in [1.82, 2.24) is 0 Å². The maximum atomic E-state index is 6.82. The molecule has 0 aliphatic rings. The number of hydrogen-bond acceptors (Lipinski definition) is 2. The van der Waals surface area contributed by atoms with Gasteiger partial charge in [0.25, 0.3) is 8.32 Å². The molecule has 0 aliphatic carbocycles. The van der Waals surface area contributed by atoms with Crippen LogP contribution in [0.25, 0.3) is 0 Å². The second kappa shape index (κ2) is 9.08. The molecule has 3 aromatic carbocycles. The Hall–Kier alpha value is -1.88. The molecule has 0 atom stereocenters. The highest BCUT2D eigenvalue weighted by molar-refractivity contribution is 9.10. The molecule has 0 amide bonds. The Labute approximate surface area is 177 Å². The second-order valence-corrected chi connectivity index (χ2v) is 13.0. The minimum atomic E-state index is -2.49. The quantitative estimate of drug-likeness (QED) is 0.351. The normalized spacial score (nSPS) is 12.0. The molecule has 0 spiro atoms. The number of benzene rings is 3. The van der Waals surface area contributed by atoms with Crippen LogP contribution in [0.5, 0.6) is 5.75 Å². The third-order valence-corrected chi connectivity index (χ3v) is 10.4. The molecule has 146 valence electrons. The van der Waals surface area contributed by atoms with Crippen molar-refractivity contribution in [3.05, 3.63) is 89.4 Å². The summed E-state index contributed by atoms with van der Waals surface area (Å²) in [6.07, 6.45) is 0. The van der Waals surface area contributed by atoms with Gasteiger partial charge < -0.3 is 9.16 Å². The molecule has 0 saturated heterocycles. The lowest BCUT2D eigenvalue weighted by Crippen LogP contribution is -2.66. The molecule has 0 aliphatic heterocycles. The van der Waals surface area contributed by atoms with Crippen molar-refractivity contribution >= 4 is 34.6 Å². The lowest BCUT2D eigenvalue weighted by Gasteiger charge is -2.43. The van der Waals surface area contributed by atoms with E-state index in [0.717, 1.165) is 10.2 Å². The molecule has 0 N–H and O–H groups in total. The smallest absolute Gasteiger partial charge is 0.261 e. The van der Waals surface area contributed by atoms with Crippen molar-refractivity contribution in [2.24, 2.45) is 0 Å². The standard InChI is InChI=1S/C24H27BrO2Si/c1-24(2,3)28(22-13-6-4-7-14-22,23-15-8-5-9-16-23)27-18-17-26-21-12-10-11-20(25)19-21/h4-16,19H,17-18H2,1-3H3. The Morgan fingerprint density at radius 2 is 1.32 bits per heavy atom. The Bertz CT molecular complexity index is 836. The van der Waals surface area contributed by atoms with Gasteiger partial charge in [0.05, 0.1) is 6.61 Å². The molecule has 0 fully saturated rings. The topological polar surface area (TPSA) is 18.5 Å². The van der Waals surface area contributed by atoms with Gasteiger partial charge in [-0.05, 0) is 33.6 Å². The molecule has 28 heavy (non-hydrogen) atoms. The van der Waals surface area contributed by atoms with Crippen LogP contribution in [0.3, 0.4) is 0 Å². The average Bonchev–Trinajstić information content (AvgIpc) is 2.69. The van der Waals surface area contributed by atoms with Gasteiger partial charge in [-0.15, -0.1) is 0 Å². The summed E-state index contributed by atoms with van der Waals surface area (Å²) < 4.78 is 13.8. The number of rotatable bonds is 7. The zero-order valence-corrected chi connectivity index (χ0v) is 19.3. The van der Waals surface area contributed by atoms with Crippen LogP contribution in [0, 0.1) is 0 Å². The lowest BCUT2D eigenvalue weighted by molar-refractivity contribution is 0.208. The third-order valence-electron chi connectivity index (χ3n) is 4.88. The molecule has 2 nitrogen and oxygen atoms in total. The van der Waals surface area contributed by atoms with Gasteiger partial charge in [0.1, 0.15) is 12.4 Å². The highest BCUT2D eigenvalue weighted by atomic mass is 79.9. The Morgan fingerprint density at radius 3 is 1.82 bits per heavy atom. The van der Waals surface area contributed by atoms with E-state index in [1.54, 1.807) is 0 Å². The van der Waals surface area contributed by atoms with Crippen LogP contribution in [0.15, 0.2) is 89.4 Å². The summed E-state index contributed by atoms with van der Waals surface area (Å²) in [6.45, 7) is 7.91. The van der Waals surface area contributed by atoms with Crippen LogP contribution in [0.2, 0.25) is 5.04 Å². The van der Waals surface area contributed by atoms with E-state index in [1.807, 2.05) is 24.3 Å².